The minimum atomic E-state index is -3.47. The van der Waals surface area contributed by atoms with Crippen LogP contribution in [0.1, 0.15) is 26.2 Å². The zero-order valence-electron chi connectivity index (χ0n) is 14.0. The van der Waals surface area contributed by atoms with Crippen LogP contribution < -0.4 is 0 Å². The summed E-state index contributed by atoms with van der Waals surface area (Å²) in [5, 5.41) is 8.84. The highest BCUT2D eigenvalue weighted by Gasteiger charge is 2.32. The molecule has 2 rings (SSSR count). The van der Waals surface area contributed by atoms with E-state index in [9.17, 15) is 8.42 Å². The fourth-order valence-electron chi connectivity index (χ4n) is 3.11. The number of nitriles is 1. The van der Waals surface area contributed by atoms with Gasteiger partial charge in [0.25, 0.3) is 10.2 Å². The quantitative estimate of drug-likeness (QED) is 0.673. The predicted molar refractivity (Wildman–Crippen MR) is 88.0 cm³/mol. The Labute approximate surface area is 140 Å². The molecule has 0 saturated carbocycles. The van der Waals surface area contributed by atoms with E-state index in [-0.39, 0.29) is 13.0 Å². The van der Waals surface area contributed by atoms with Crippen molar-refractivity contribution in [3.05, 3.63) is 0 Å². The predicted octanol–water partition coefficient (Wildman–Crippen LogP) is 0.511. The van der Waals surface area contributed by atoms with E-state index in [0.717, 1.165) is 25.9 Å². The van der Waals surface area contributed by atoms with Crippen molar-refractivity contribution in [1.29, 1.82) is 5.26 Å². The maximum Gasteiger partial charge on any atom is 0.282 e. The molecule has 0 bridgehead atoms. The second-order valence-electron chi connectivity index (χ2n) is 6.37. The topological polar surface area (TPSA) is 76.9 Å². The maximum atomic E-state index is 12.9. The van der Waals surface area contributed by atoms with Gasteiger partial charge in [0.15, 0.2) is 0 Å². The van der Waals surface area contributed by atoms with Crippen molar-refractivity contribution in [2.75, 3.05) is 59.0 Å². The van der Waals surface area contributed by atoms with Crippen molar-refractivity contribution in [2.24, 2.45) is 5.92 Å². The Morgan fingerprint density at radius 3 is 2.65 bits per heavy atom. The Morgan fingerprint density at radius 1 is 1.26 bits per heavy atom. The first-order valence-electron chi connectivity index (χ1n) is 8.46. The number of piperidine rings is 1. The second kappa shape index (κ2) is 8.94. The standard InChI is InChI=1S/C15H28N4O3S/c1-15-4-2-6-19(14-15)23(20,21)18(7-3-5-16)9-8-17-10-12-22-13-11-17/h15H,2-4,6-14H2,1H3/t15-/m0/s1. The van der Waals surface area contributed by atoms with Gasteiger partial charge in [0.2, 0.25) is 0 Å². The zero-order valence-corrected chi connectivity index (χ0v) is 14.8. The number of hydrogen-bond donors (Lipinski definition) is 0. The molecule has 132 valence electrons. The van der Waals surface area contributed by atoms with E-state index in [1.54, 1.807) is 4.31 Å². The first-order chi connectivity index (χ1) is 11.0. The van der Waals surface area contributed by atoms with E-state index in [1.165, 1.54) is 4.31 Å². The largest absolute Gasteiger partial charge is 0.379 e. The zero-order chi connectivity index (χ0) is 16.7. The van der Waals surface area contributed by atoms with Gasteiger partial charge < -0.3 is 4.74 Å². The number of morpholine rings is 1. The van der Waals surface area contributed by atoms with E-state index in [1.807, 2.05) is 0 Å². The number of ether oxygens (including phenoxy) is 1. The molecule has 2 heterocycles. The monoisotopic (exact) mass is 344 g/mol. The van der Waals surface area contributed by atoms with Gasteiger partial charge in [-0.05, 0) is 18.8 Å². The van der Waals surface area contributed by atoms with Crippen LogP contribution in [0.2, 0.25) is 0 Å². The summed E-state index contributed by atoms with van der Waals surface area (Å²) in [5.74, 6) is 0.399. The van der Waals surface area contributed by atoms with Crippen LogP contribution in [0.5, 0.6) is 0 Å². The molecule has 1 atom stereocenters. The van der Waals surface area contributed by atoms with E-state index < -0.39 is 10.2 Å². The highest BCUT2D eigenvalue weighted by molar-refractivity contribution is 7.86. The normalized spacial score (nSPS) is 24.7. The first-order valence-corrected chi connectivity index (χ1v) is 9.86. The molecule has 0 amide bonds. The molecule has 8 heteroatoms. The highest BCUT2D eigenvalue weighted by Crippen LogP contribution is 2.20. The molecule has 7 nitrogen and oxygen atoms in total. The molecule has 0 radical (unpaired) electrons. The van der Waals surface area contributed by atoms with Crippen molar-refractivity contribution in [2.45, 2.75) is 26.2 Å². The number of nitrogens with zero attached hydrogens (tertiary/aromatic N) is 4. The Bertz CT molecular complexity index is 499. The molecule has 0 N–H and O–H groups in total. The van der Waals surface area contributed by atoms with Crippen LogP contribution in [0.15, 0.2) is 0 Å². The highest BCUT2D eigenvalue weighted by atomic mass is 32.2. The summed E-state index contributed by atoms with van der Waals surface area (Å²) in [4.78, 5) is 2.22. The van der Waals surface area contributed by atoms with Gasteiger partial charge in [-0.15, -0.1) is 0 Å². The van der Waals surface area contributed by atoms with Crippen LogP contribution in [0.25, 0.3) is 0 Å². The van der Waals surface area contributed by atoms with Gasteiger partial charge in [-0.1, -0.05) is 6.92 Å². The van der Waals surface area contributed by atoms with Crippen molar-refractivity contribution in [3.8, 4) is 6.07 Å². The van der Waals surface area contributed by atoms with E-state index in [4.69, 9.17) is 10.00 Å². The van der Waals surface area contributed by atoms with Crippen molar-refractivity contribution < 1.29 is 13.2 Å². The first kappa shape index (κ1) is 18.6. The molecular formula is C15H28N4O3S. The lowest BCUT2D eigenvalue weighted by molar-refractivity contribution is 0.0361. The van der Waals surface area contributed by atoms with Gasteiger partial charge in [0, 0.05) is 52.2 Å². The molecule has 0 aromatic rings. The summed E-state index contributed by atoms with van der Waals surface area (Å²) in [7, 11) is -3.47. The minimum absolute atomic E-state index is 0.228. The van der Waals surface area contributed by atoms with Gasteiger partial charge in [-0.25, -0.2) is 0 Å². The third kappa shape index (κ3) is 5.40. The SMILES string of the molecule is C[C@H]1CCCN(S(=O)(=O)N(CCC#N)CCN2CCOCC2)C1. The lowest BCUT2D eigenvalue weighted by Crippen LogP contribution is -2.50. The Kier molecular flexibility index (Phi) is 7.24. The van der Waals surface area contributed by atoms with Gasteiger partial charge >= 0.3 is 0 Å². The summed E-state index contributed by atoms with van der Waals surface area (Å²) in [6.07, 6.45) is 2.22. The fraction of sp³-hybridized carbons (Fsp3) is 0.933. The van der Waals surface area contributed by atoms with Gasteiger partial charge in [-0.3, -0.25) is 4.90 Å². The van der Waals surface area contributed by atoms with Gasteiger partial charge in [0.05, 0.1) is 19.3 Å². The van der Waals surface area contributed by atoms with Crippen LogP contribution in [-0.4, -0.2) is 81.0 Å². The summed E-state index contributed by atoms with van der Waals surface area (Å²) in [6.45, 7) is 7.76. The molecule has 2 aliphatic heterocycles. The molecule has 2 fully saturated rings. The maximum absolute atomic E-state index is 12.9. The Hall–Kier alpha value is -0.720. The molecule has 0 aromatic heterocycles. The lowest BCUT2D eigenvalue weighted by Gasteiger charge is -2.35. The minimum Gasteiger partial charge on any atom is -0.379 e. The van der Waals surface area contributed by atoms with E-state index in [2.05, 4.69) is 17.9 Å². The number of rotatable bonds is 7. The van der Waals surface area contributed by atoms with Gasteiger partial charge in [0.1, 0.15) is 0 Å². The molecule has 0 unspecified atom stereocenters. The molecule has 0 spiro atoms. The molecular weight excluding hydrogens is 316 g/mol. The lowest BCUT2D eigenvalue weighted by atomic mass is 10.0. The molecule has 23 heavy (non-hydrogen) atoms. The Morgan fingerprint density at radius 2 is 2.00 bits per heavy atom. The summed E-state index contributed by atoms with van der Waals surface area (Å²) < 4.78 is 34.2. The third-order valence-electron chi connectivity index (χ3n) is 4.51. The average Bonchev–Trinajstić information content (AvgIpc) is 2.55. The second-order valence-corrected chi connectivity index (χ2v) is 8.30. The van der Waals surface area contributed by atoms with Crippen LogP contribution in [0.4, 0.5) is 0 Å². The summed E-state index contributed by atoms with van der Waals surface area (Å²) >= 11 is 0. The smallest absolute Gasteiger partial charge is 0.282 e. The fourth-order valence-corrected chi connectivity index (χ4v) is 4.88. The van der Waals surface area contributed by atoms with E-state index >= 15 is 0 Å². The molecule has 0 aliphatic carbocycles. The van der Waals surface area contributed by atoms with Crippen molar-refractivity contribution in [3.63, 3.8) is 0 Å². The van der Waals surface area contributed by atoms with Crippen molar-refractivity contribution >= 4 is 10.2 Å². The summed E-state index contributed by atoms with van der Waals surface area (Å²) in [5.41, 5.74) is 0. The molecule has 2 saturated heterocycles. The molecule has 2 aliphatic rings. The molecule has 0 aromatic carbocycles. The average molecular weight is 344 g/mol. The van der Waals surface area contributed by atoms with Crippen LogP contribution in [-0.2, 0) is 14.9 Å². The van der Waals surface area contributed by atoms with E-state index in [0.29, 0.717) is 45.3 Å². The number of hydrogen-bond acceptors (Lipinski definition) is 5. The van der Waals surface area contributed by atoms with Crippen LogP contribution in [0, 0.1) is 17.2 Å². The van der Waals surface area contributed by atoms with Crippen LogP contribution in [0.3, 0.4) is 0 Å². The van der Waals surface area contributed by atoms with Crippen molar-refractivity contribution in [1.82, 2.24) is 13.5 Å². The third-order valence-corrected chi connectivity index (χ3v) is 6.52. The van der Waals surface area contributed by atoms with Crippen LogP contribution >= 0.6 is 0 Å². The Balaban J connectivity index is 1.98. The van der Waals surface area contributed by atoms with Gasteiger partial charge in [-0.2, -0.15) is 22.3 Å². The summed E-state index contributed by atoms with van der Waals surface area (Å²) in [6, 6.07) is 2.06.